The summed E-state index contributed by atoms with van der Waals surface area (Å²) in [5.74, 6) is -0.987. The highest BCUT2D eigenvalue weighted by Crippen LogP contribution is 2.09. The predicted molar refractivity (Wildman–Crippen MR) is 99.3 cm³/mol. The Morgan fingerprint density at radius 1 is 1.21 bits per heavy atom. The average molecular weight is 341 g/mol. The Balaban J connectivity index is 4.49. The van der Waals surface area contributed by atoms with E-state index in [1.807, 2.05) is 24.9 Å². The molecule has 0 fully saturated rings. The minimum atomic E-state index is -0.874. The second kappa shape index (κ2) is 14.2. The molecule has 0 rings (SSSR count). The molecule has 24 heavy (non-hydrogen) atoms. The lowest BCUT2D eigenvalue weighted by molar-refractivity contribution is -0.140. The van der Waals surface area contributed by atoms with Crippen LogP contribution in [0.5, 0.6) is 0 Å². The van der Waals surface area contributed by atoms with Crippen molar-refractivity contribution in [2.45, 2.75) is 71.4 Å². The normalized spacial score (nSPS) is 15.5. The van der Waals surface area contributed by atoms with E-state index in [2.05, 4.69) is 25.2 Å². The molecule has 5 nitrogen and oxygen atoms in total. The van der Waals surface area contributed by atoms with Crippen LogP contribution in [0, 0.1) is 5.92 Å². The summed E-state index contributed by atoms with van der Waals surface area (Å²) in [6.07, 6.45) is 11.5. The Kier molecular flexibility index (Phi) is 13.5. The first-order valence-corrected chi connectivity index (χ1v) is 9.26. The van der Waals surface area contributed by atoms with E-state index in [0.717, 1.165) is 38.5 Å². The Morgan fingerprint density at radius 3 is 2.42 bits per heavy atom. The number of likely N-dealkylation sites (N-methyl/N-ethyl adjacent to an activating group) is 1. The zero-order valence-corrected chi connectivity index (χ0v) is 15.8. The van der Waals surface area contributed by atoms with Gasteiger partial charge in [0, 0.05) is 12.5 Å². The van der Waals surface area contributed by atoms with Gasteiger partial charge in [-0.3, -0.25) is 9.69 Å². The van der Waals surface area contributed by atoms with Crippen LogP contribution in [0.2, 0.25) is 0 Å². The van der Waals surface area contributed by atoms with Crippen LogP contribution in [0.3, 0.4) is 0 Å². The topological polar surface area (TPSA) is 69.6 Å². The standard InChI is InChI=1S/C19H36N2O3/c1-5-7-9-10-11-12-16(3)18(19(23)24)20-14-17(15-22)21(4)13-8-6-2/h11-12,15-18,20H,5-10,13-14H2,1-4H3,(H,23,24)/b12-11-/t16?,17-,18?/m1/s1. The third-order valence-corrected chi connectivity index (χ3v) is 4.34. The van der Waals surface area contributed by atoms with E-state index in [1.54, 1.807) is 0 Å². The molecule has 0 radical (unpaired) electrons. The summed E-state index contributed by atoms with van der Waals surface area (Å²) >= 11 is 0. The van der Waals surface area contributed by atoms with E-state index >= 15 is 0 Å². The molecule has 0 heterocycles. The smallest absolute Gasteiger partial charge is 0.321 e. The molecule has 0 bridgehead atoms. The lowest BCUT2D eigenvalue weighted by atomic mass is 10.00. The van der Waals surface area contributed by atoms with E-state index in [1.165, 1.54) is 12.8 Å². The zero-order chi connectivity index (χ0) is 18.4. The van der Waals surface area contributed by atoms with Gasteiger partial charge in [0.15, 0.2) is 0 Å². The van der Waals surface area contributed by atoms with Crippen LogP contribution in [0.15, 0.2) is 12.2 Å². The molecule has 0 aromatic rings. The van der Waals surface area contributed by atoms with Crippen molar-refractivity contribution in [2.75, 3.05) is 20.1 Å². The third-order valence-electron chi connectivity index (χ3n) is 4.34. The fourth-order valence-electron chi connectivity index (χ4n) is 2.56. The van der Waals surface area contributed by atoms with Crippen LogP contribution >= 0.6 is 0 Å². The van der Waals surface area contributed by atoms with Crippen molar-refractivity contribution in [3.63, 3.8) is 0 Å². The Bertz CT molecular complexity index is 372. The number of hydrogen-bond acceptors (Lipinski definition) is 4. The highest BCUT2D eigenvalue weighted by molar-refractivity contribution is 5.74. The third kappa shape index (κ3) is 9.83. The number of aldehydes is 1. The summed E-state index contributed by atoms with van der Waals surface area (Å²) in [5.41, 5.74) is 0. The number of allylic oxidation sites excluding steroid dienone is 1. The second-order valence-corrected chi connectivity index (χ2v) is 6.54. The molecule has 0 saturated heterocycles. The maximum Gasteiger partial charge on any atom is 0.321 e. The molecule has 2 unspecified atom stereocenters. The zero-order valence-electron chi connectivity index (χ0n) is 15.8. The summed E-state index contributed by atoms with van der Waals surface area (Å²) in [7, 11) is 1.91. The van der Waals surface area contributed by atoms with Crippen LogP contribution in [0.4, 0.5) is 0 Å². The predicted octanol–water partition coefficient (Wildman–Crippen LogP) is 3.10. The van der Waals surface area contributed by atoms with Gasteiger partial charge >= 0.3 is 5.97 Å². The van der Waals surface area contributed by atoms with Crippen molar-refractivity contribution in [1.29, 1.82) is 0 Å². The first-order valence-electron chi connectivity index (χ1n) is 9.26. The maximum absolute atomic E-state index is 11.5. The lowest BCUT2D eigenvalue weighted by Gasteiger charge is -2.26. The number of hydrogen-bond donors (Lipinski definition) is 2. The number of nitrogens with zero attached hydrogens (tertiary/aromatic N) is 1. The fourth-order valence-corrected chi connectivity index (χ4v) is 2.56. The number of aliphatic carboxylic acids is 1. The molecule has 0 aliphatic carbocycles. The summed E-state index contributed by atoms with van der Waals surface area (Å²) in [6, 6.07) is -0.964. The quantitative estimate of drug-likeness (QED) is 0.272. The number of carbonyl (C=O) groups is 2. The minimum Gasteiger partial charge on any atom is -0.480 e. The number of carbonyl (C=O) groups excluding carboxylic acids is 1. The van der Waals surface area contributed by atoms with Gasteiger partial charge in [-0.05, 0) is 32.9 Å². The van der Waals surface area contributed by atoms with E-state index in [4.69, 9.17) is 0 Å². The molecule has 0 aromatic heterocycles. The lowest BCUT2D eigenvalue weighted by Crippen LogP contribution is -2.49. The van der Waals surface area contributed by atoms with Crippen molar-refractivity contribution in [2.24, 2.45) is 5.92 Å². The number of nitrogens with one attached hydrogen (secondary N) is 1. The van der Waals surface area contributed by atoms with Crippen molar-refractivity contribution in [3.05, 3.63) is 12.2 Å². The van der Waals surface area contributed by atoms with Crippen LogP contribution in [-0.2, 0) is 9.59 Å². The molecular formula is C19H36N2O3. The first kappa shape index (κ1) is 22.8. The number of rotatable bonds is 15. The van der Waals surface area contributed by atoms with Crippen LogP contribution < -0.4 is 5.32 Å². The van der Waals surface area contributed by atoms with Crippen LogP contribution in [-0.4, -0.2) is 54.5 Å². The summed E-state index contributed by atoms with van der Waals surface area (Å²) in [6.45, 7) is 7.37. The Labute approximate surface area is 147 Å². The monoisotopic (exact) mass is 340 g/mol. The van der Waals surface area contributed by atoms with E-state index in [0.29, 0.717) is 6.54 Å². The van der Waals surface area contributed by atoms with E-state index in [-0.39, 0.29) is 12.0 Å². The summed E-state index contributed by atoms with van der Waals surface area (Å²) < 4.78 is 0. The second-order valence-electron chi connectivity index (χ2n) is 6.54. The van der Waals surface area contributed by atoms with Gasteiger partial charge in [-0.15, -0.1) is 0 Å². The molecule has 0 aliphatic rings. The Hall–Kier alpha value is -1.20. The SMILES string of the molecule is CCCCC/C=C\C(C)C(NC[C@H](C=O)N(C)CCCC)C(=O)O. The van der Waals surface area contributed by atoms with E-state index in [9.17, 15) is 14.7 Å². The largest absolute Gasteiger partial charge is 0.480 e. The van der Waals surface area contributed by atoms with Gasteiger partial charge in [0.1, 0.15) is 12.3 Å². The fraction of sp³-hybridized carbons (Fsp3) is 0.789. The van der Waals surface area contributed by atoms with Crippen molar-refractivity contribution < 1.29 is 14.7 Å². The van der Waals surface area contributed by atoms with Crippen molar-refractivity contribution >= 4 is 12.3 Å². The number of carboxylic acid groups (broad SMARTS) is 1. The van der Waals surface area contributed by atoms with Crippen molar-refractivity contribution in [3.8, 4) is 0 Å². The van der Waals surface area contributed by atoms with E-state index < -0.39 is 12.0 Å². The van der Waals surface area contributed by atoms with Crippen molar-refractivity contribution in [1.82, 2.24) is 10.2 Å². The molecule has 2 N–H and O–H groups in total. The van der Waals surface area contributed by atoms with Gasteiger partial charge in [-0.1, -0.05) is 52.2 Å². The average Bonchev–Trinajstić information content (AvgIpc) is 2.55. The number of carboxylic acids is 1. The van der Waals surface area contributed by atoms with Gasteiger partial charge in [-0.25, -0.2) is 0 Å². The molecule has 140 valence electrons. The highest BCUT2D eigenvalue weighted by atomic mass is 16.4. The van der Waals surface area contributed by atoms with Gasteiger partial charge in [-0.2, -0.15) is 0 Å². The Morgan fingerprint density at radius 2 is 1.88 bits per heavy atom. The molecule has 3 atom stereocenters. The number of unbranched alkanes of at least 4 members (excludes halogenated alkanes) is 4. The molecule has 0 spiro atoms. The van der Waals surface area contributed by atoms with Gasteiger partial charge < -0.3 is 15.2 Å². The summed E-state index contributed by atoms with van der Waals surface area (Å²) in [5, 5.41) is 12.5. The summed E-state index contributed by atoms with van der Waals surface area (Å²) in [4.78, 5) is 24.8. The molecular weight excluding hydrogens is 304 g/mol. The maximum atomic E-state index is 11.5. The molecule has 0 amide bonds. The first-order chi connectivity index (χ1) is 11.5. The molecule has 0 aliphatic heterocycles. The van der Waals surface area contributed by atoms with Crippen LogP contribution in [0.25, 0.3) is 0 Å². The van der Waals surface area contributed by atoms with Gasteiger partial charge in [0.25, 0.3) is 0 Å². The van der Waals surface area contributed by atoms with Gasteiger partial charge in [0.2, 0.25) is 0 Å². The van der Waals surface area contributed by atoms with Gasteiger partial charge in [0.05, 0.1) is 6.04 Å². The molecule has 0 aromatic carbocycles. The van der Waals surface area contributed by atoms with Crippen LogP contribution in [0.1, 0.15) is 59.3 Å². The molecule has 5 heteroatoms. The minimum absolute atomic E-state index is 0.114. The molecule has 0 saturated carbocycles. The highest BCUT2D eigenvalue weighted by Gasteiger charge is 2.24.